The van der Waals surface area contributed by atoms with Crippen molar-refractivity contribution in [2.45, 2.75) is 6.92 Å². The lowest BCUT2D eigenvalue weighted by Gasteiger charge is -2.07. The van der Waals surface area contributed by atoms with E-state index in [1.54, 1.807) is 19.1 Å². The highest BCUT2D eigenvalue weighted by atomic mass is 16.4. The standard InChI is InChI=1S/C17H14O6/c1-8-2-3-9(4-5-11(8)19)17-16(22)15(21)14-12(20)6-10(18)7-13(14)23-17/h2-8,18-20,22H,1H3. The molecule has 23 heavy (non-hydrogen) atoms. The molecule has 118 valence electrons. The first-order valence-corrected chi connectivity index (χ1v) is 6.89. The molecule has 0 amide bonds. The SMILES string of the molecule is CC1C=CC(c2oc3cc(O)cc(O)c3c(=O)c2O)=CC=C1O. The first kappa shape index (κ1) is 14.8. The van der Waals surface area contributed by atoms with Crippen LogP contribution < -0.4 is 5.43 Å². The van der Waals surface area contributed by atoms with Gasteiger partial charge in [-0.05, 0) is 12.2 Å². The van der Waals surface area contributed by atoms with Gasteiger partial charge in [0.25, 0.3) is 0 Å². The maximum absolute atomic E-state index is 12.3. The molecule has 0 saturated heterocycles. The van der Waals surface area contributed by atoms with Gasteiger partial charge in [0.15, 0.2) is 5.76 Å². The van der Waals surface area contributed by atoms with Crippen LogP contribution in [0, 0.1) is 5.92 Å². The molecule has 6 heteroatoms. The Labute approximate surface area is 130 Å². The Bertz CT molecular complexity index is 946. The number of phenols is 2. The summed E-state index contributed by atoms with van der Waals surface area (Å²) in [6.07, 6.45) is 6.25. The molecule has 0 saturated carbocycles. The summed E-state index contributed by atoms with van der Waals surface area (Å²) in [6.45, 7) is 1.78. The van der Waals surface area contributed by atoms with Crippen molar-refractivity contribution in [2.75, 3.05) is 0 Å². The fourth-order valence-electron chi connectivity index (χ4n) is 2.35. The van der Waals surface area contributed by atoms with Crippen LogP contribution in [-0.2, 0) is 0 Å². The van der Waals surface area contributed by atoms with Crippen molar-refractivity contribution in [2.24, 2.45) is 5.92 Å². The van der Waals surface area contributed by atoms with Gasteiger partial charge in [0, 0.05) is 23.6 Å². The topological polar surface area (TPSA) is 111 Å². The zero-order valence-electron chi connectivity index (χ0n) is 12.1. The van der Waals surface area contributed by atoms with Crippen LogP contribution in [0.1, 0.15) is 12.7 Å². The number of aliphatic hydroxyl groups excluding tert-OH is 1. The predicted octanol–water partition coefficient (Wildman–Crippen LogP) is 2.94. The van der Waals surface area contributed by atoms with Gasteiger partial charge < -0.3 is 24.8 Å². The van der Waals surface area contributed by atoms with Gasteiger partial charge in [-0.3, -0.25) is 4.79 Å². The van der Waals surface area contributed by atoms with Gasteiger partial charge in [0.2, 0.25) is 11.2 Å². The number of rotatable bonds is 1. The molecule has 0 fully saturated rings. The maximum Gasteiger partial charge on any atom is 0.238 e. The number of hydrogen-bond acceptors (Lipinski definition) is 6. The molecular formula is C17H14O6. The van der Waals surface area contributed by atoms with Crippen molar-refractivity contribution in [3.63, 3.8) is 0 Å². The molecule has 1 aliphatic carbocycles. The van der Waals surface area contributed by atoms with E-state index in [-0.39, 0.29) is 34.2 Å². The molecule has 0 bridgehead atoms. The third-order valence-electron chi connectivity index (χ3n) is 3.66. The van der Waals surface area contributed by atoms with Crippen LogP contribution in [0.5, 0.6) is 17.2 Å². The van der Waals surface area contributed by atoms with E-state index in [9.17, 15) is 25.2 Å². The van der Waals surface area contributed by atoms with Gasteiger partial charge in [-0.2, -0.15) is 0 Å². The van der Waals surface area contributed by atoms with Gasteiger partial charge in [0.1, 0.15) is 22.5 Å². The molecule has 0 aliphatic heterocycles. The van der Waals surface area contributed by atoms with Crippen LogP contribution >= 0.6 is 0 Å². The average molecular weight is 314 g/mol. The molecule has 4 N–H and O–H groups in total. The van der Waals surface area contributed by atoms with Gasteiger partial charge in [-0.15, -0.1) is 0 Å². The Morgan fingerprint density at radius 3 is 2.57 bits per heavy atom. The van der Waals surface area contributed by atoms with E-state index >= 15 is 0 Å². The van der Waals surface area contributed by atoms with Gasteiger partial charge >= 0.3 is 0 Å². The highest BCUT2D eigenvalue weighted by Crippen LogP contribution is 2.34. The fourth-order valence-corrected chi connectivity index (χ4v) is 2.35. The molecule has 0 radical (unpaired) electrons. The van der Waals surface area contributed by atoms with E-state index in [1.807, 2.05) is 0 Å². The van der Waals surface area contributed by atoms with Crippen molar-refractivity contribution < 1.29 is 24.8 Å². The van der Waals surface area contributed by atoms with E-state index in [0.717, 1.165) is 6.07 Å². The monoisotopic (exact) mass is 314 g/mol. The molecule has 1 heterocycles. The molecule has 3 rings (SSSR count). The molecule has 1 aromatic heterocycles. The summed E-state index contributed by atoms with van der Waals surface area (Å²) in [5.74, 6) is -1.60. The Balaban J connectivity index is 2.30. The molecular weight excluding hydrogens is 300 g/mol. The molecule has 1 unspecified atom stereocenters. The van der Waals surface area contributed by atoms with Crippen molar-refractivity contribution in [3.8, 4) is 17.2 Å². The lowest BCUT2D eigenvalue weighted by Crippen LogP contribution is -2.04. The highest BCUT2D eigenvalue weighted by Gasteiger charge is 2.20. The van der Waals surface area contributed by atoms with Crippen LogP contribution in [-0.4, -0.2) is 20.4 Å². The Hall–Kier alpha value is -3.15. The zero-order valence-corrected chi connectivity index (χ0v) is 12.1. The molecule has 1 atom stereocenters. The van der Waals surface area contributed by atoms with Crippen molar-refractivity contribution >= 4 is 16.5 Å². The quantitative estimate of drug-likeness (QED) is 0.644. The Morgan fingerprint density at radius 2 is 1.83 bits per heavy atom. The zero-order chi connectivity index (χ0) is 16.7. The molecule has 6 nitrogen and oxygen atoms in total. The highest BCUT2D eigenvalue weighted by molar-refractivity contribution is 5.88. The number of phenolic OH excluding ortho intramolecular Hbond substituents is 2. The molecule has 0 spiro atoms. The molecule has 1 aliphatic rings. The second-order valence-electron chi connectivity index (χ2n) is 5.31. The minimum absolute atomic E-state index is 0.0555. The Morgan fingerprint density at radius 1 is 1.09 bits per heavy atom. The largest absolute Gasteiger partial charge is 0.512 e. The van der Waals surface area contributed by atoms with Gasteiger partial charge in [-0.25, -0.2) is 0 Å². The van der Waals surface area contributed by atoms with Gasteiger partial charge in [0.05, 0.1) is 5.76 Å². The van der Waals surface area contributed by atoms with E-state index in [0.29, 0.717) is 5.57 Å². The van der Waals surface area contributed by atoms with Crippen LogP contribution in [0.25, 0.3) is 16.5 Å². The summed E-state index contributed by atoms with van der Waals surface area (Å²) in [4.78, 5) is 12.3. The minimum Gasteiger partial charge on any atom is -0.512 e. The fraction of sp³-hybridized carbons (Fsp3) is 0.118. The molecule has 1 aromatic carbocycles. The second kappa shape index (κ2) is 5.24. The summed E-state index contributed by atoms with van der Waals surface area (Å²) >= 11 is 0. The van der Waals surface area contributed by atoms with Crippen molar-refractivity contribution in [3.05, 3.63) is 58.2 Å². The first-order chi connectivity index (χ1) is 10.9. The van der Waals surface area contributed by atoms with Crippen molar-refractivity contribution in [1.82, 2.24) is 0 Å². The third kappa shape index (κ3) is 2.44. The van der Waals surface area contributed by atoms with Crippen molar-refractivity contribution in [1.29, 1.82) is 0 Å². The Kier molecular flexibility index (Phi) is 3.37. The van der Waals surface area contributed by atoms with Crippen LogP contribution in [0.4, 0.5) is 0 Å². The first-order valence-electron chi connectivity index (χ1n) is 6.89. The number of fused-ring (bicyclic) bond motifs is 1. The second-order valence-corrected chi connectivity index (χ2v) is 5.31. The third-order valence-corrected chi connectivity index (χ3v) is 3.66. The number of hydrogen-bond donors (Lipinski definition) is 4. The minimum atomic E-state index is -0.807. The summed E-state index contributed by atoms with van der Waals surface area (Å²) in [5.41, 5.74) is -0.487. The number of allylic oxidation sites excluding steroid dienone is 5. The predicted molar refractivity (Wildman–Crippen MR) is 84.5 cm³/mol. The smallest absolute Gasteiger partial charge is 0.238 e. The van der Waals surface area contributed by atoms with Gasteiger partial charge in [-0.1, -0.05) is 19.1 Å². The average Bonchev–Trinajstić information content (AvgIpc) is 2.65. The van der Waals surface area contributed by atoms with Crippen LogP contribution in [0.2, 0.25) is 0 Å². The van der Waals surface area contributed by atoms with E-state index in [2.05, 4.69) is 0 Å². The van der Waals surface area contributed by atoms with E-state index in [4.69, 9.17) is 4.42 Å². The summed E-state index contributed by atoms with van der Waals surface area (Å²) in [7, 11) is 0. The lowest BCUT2D eigenvalue weighted by atomic mass is 10.1. The van der Waals surface area contributed by atoms with Crippen LogP contribution in [0.15, 0.2) is 51.4 Å². The normalized spacial score (nSPS) is 17.7. The summed E-state index contributed by atoms with van der Waals surface area (Å²) < 4.78 is 5.50. The summed E-state index contributed by atoms with van der Waals surface area (Å²) in [5, 5.41) is 39.0. The number of benzene rings is 1. The lowest BCUT2D eigenvalue weighted by molar-refractivity contribution is 0.366. The number of aliphatic hydroxyl groups is 1. The number of aromatic hydroxyl groups is 3. The van der Waals surface area contributed by atoms with E-state index in [1.165, 1.54) is 18.2 Å². The maximum atomic E-state index is 12.3. The van der Waals surface area contributed by atoms with E-state index < -0.39 is 16.9 Å². The summed E-state index contributed by atoms with van der Waals surface area (Å²) in [6, 6.07) is 2.17. The molecule has 2 aromatic rings. The van der Waals surface area contributed by atoms with Crippen LogP contribution in [0.3, 0.4) is 0 Å².